The Balaban J connectivity index is 2.57. The molecule has 1 aliphatic rings. The van der Waals surface area contributed by atoms with Gasteiger partial charge in [0.1, 0.15) is 18.3 Å². The van der Waals surface area contributed by atoms with Gasteiger partial charge in [-0.3, -0.25) is 0 Å². The molecule has 4 atom stereocenters. The summed E-state index contributed by atoms with van der Waals surface area (Å²) >= 11 is 0. The molecule has 0 bridgehead atoms. The van der Waals surface area contributed by atoms with E-state index in [1.54, 1.807) is 0 Å². The van der Waals surface area contributed by atoms with Crippen LogP contribution >= 0.6 is 0 Å². The first-order valence-electron chi connectivity index (χ1n) is 3.36. The number of aliphatic hydroxyl groups excluding tert-OH is 3. The average molecular weight is 164 g/mol. The van der Waals surface area contributed by atoms with E-state index < -0.39 is 24.6 Å². The van der Waals surface area contributed by atoms with E-state index in [-0.39, 0.29) is 6.61 Å². The molecule has 1 rings (SSSR count). The van der Waals surface area contributed by atoms with E-state index in [1.807, 2.05) is 0 Å². The van der Waals surface area contributed by atoms with Crippen molar-refractivity contribution < 1.29 is 24.8 Å². The topological polar surface area (TPSA) is 79.2 Å². The third-order valence-electron chi connectivity index (χ3n) is 1.76. The molecule has 0 radical (unpaired) electrons. The maximum atomic E-state index is 9.15. The van der Waals surface area contributed by atoms with Crippen molar-refractivity contribution in [3.63, 3.8) is 0 Å². The van der Waals surface area contributed by atoms with Crippen LogP contribution in [0.15, 0.2) is 0 Å². The molecule has 5 nitrogen and oxygen atoms in total. The molecule has 66 valence electrons. The Bertz CT molecular complexity index is 128. The van der Waals surface area contributed by atoms with E-state index in [1.165, 1.54) is 7.11 Å². The summed E-state index contributed by atoms with van der Waals surface area (Å²) in [4.78, 5) is 0. The summed E-state index contributed by atoms with van der Waals surface area (Å²) < 4.78 is 9.56. The first-order chi connectivity index (χ1) is 5.20. The molecule has 1 aliphatic heterocycles. The smallest absolute Gasteiger partial charge is 0.184 e. The molecule has 0 aromatic carbocycles. The van der Waals surface area contributed by atoms with Crippen molar-refractivity contribution in [1.29, 1.82) is 0 Å². The van der Waals surface area contributed by atoms with Gasteiger partial charge in [0, 0.05) is 7.11 Å². The Morgan fingerprint density at radius 2 is 2.09 bits per heavy atom. The number of methoxy groups -OCH3 is 1. The number of ether oxygens (including phenoxy) is 2. The third-order valence-corrected chi connectivity index (χ3v) is 1.76. The Kier molecular flexibility index (Phi) is 2.80. The monoisotopic (exact) mass is 164 g/mol. The van der Waals surface area contributed by atoms with Gasteiger partial charge >= 0.3 is 0 Å². The second-order valence-electron chi connectivity index (χ2n) is 2.44. The normalized spacial score (nSPS) is 44.7. The molecule has 5 heteroatoms. The molecule has 1 heterocycles. The maximum Gasteiger partial charge on any atom is 0.184 e. The van der Waals surface area contributed by atoms with Crippen molar-refractivity contribution in [3.05, 3.63) is 0 Å². The van der Waals surface area contributed by atoms with Gasteiger partial charge in [0.05, 0.1) is 6.61 Å². The predicted molar refractivity (Wildman–Crippen MR) is 34.8 cm³/mol. The standard InChI is InChI=1S/C6H12O5/c1-10-5-3(2-7)11-6(9)4(5)8/h3-9H,2H2,1H3/t3-,4+,5-,6-/m1/s1. The average Bonchev–Trinajstić information content (AvgIpc) is 2.28. The van der Waals surface area contributed by atoms with Gasteiger partial charge in [-0.15, -0.1) is 0 Å². The lowest BCUT2D eigenvalue weighted by Gasteiger charge is -2.15. The zero-order valence-electron chi connectivity index (χ0n) is 6.17. The zero-order valence-corrected chi connectivity index (χ0v) is 6.17. The fraction of sp³-hybridized carbons (Fsp3) is 1.00. The number of hydrogen-bond donors (Lipinski definition) is 3. The fourth-order valence-corrected chi connectivity index (χ4v) is 1.16. The van der Waals surface area contributed by atoms with Crippen LogP contribution in [0.3, 0.4) is 0 Å². The highest BCUT2D eigenvalue weighted by atomic mass is 16.7. The summed E-state index contributed by atoms with van der Waals surface area (Å²) in [7, 11) is 1.39. The Morgan fingerprint density at radius 1 is 1.45 bits per heavy atom. The van der Waals surface area contributed by atoms with Crippen molar-refractivity contribution in [1.82, 2.24) is 0 Å². The summed E-state index contributed by atoms with van der Waals surface area (Å²) in [5.74, 6) is 0. The van der Waals surface area contributed by atoms with Crippen molar-refractivity contribution in [2.75, 3.05) is 13.7 Å². The summed E-state index contributed by atoms with van der Waals surface area (Å²) in [5.41, 5.74) is 0. The van der Waals surface area contributed by atoms with Gasteiger partial charge in [-0.05, 0) is 0 Å². The highest BCUT2D eigenvalue weighted by Crippen LogP contribution is 2.21. The lowest BCUT2D eigenvalue weighted by Crippen LogP contribution is -2.35. The van der Waals surface area contributed by atoms with E-state index >= 15 is 0 Å². The van der Waals surface area contributed by atoms with Crippen LogP contribution in [0.2, 0.25) is 0 Å². The van der Waals surface area contributed by atoms with Gasteiger partial charge in [0.2, 0.25) is 0 Å². The second-order valence-corrected chi connectivity index (χ2v) is 2.44. The highest BCUT2D eigenvalue weighted by molar-refractivity contribution is 4.86. The lowest BCUT2D eigenvalue weighted by atomic mass is 10.1. The zero-order chi connectivity index (χ0) is 8.43. The van der Waals surface area contributed by atoms with Crippen LogP contribution in [0.25, 0.3) is 0 Å². The van der Waals surface area contributed by atoms with Crippen molar-refractivity contribution >= 4 is 0 Å². The summed E-state index contributed by atoms with van der Waals surface area (Å²) in [6.45, 7) is -0.271. The van der Waals surface area contributed by atoms with Crippen LogP contribution in [-0.2, 0) is 9.47 Å². The molecule has 0 aromatic rings. The van der Waals surface area contributed by atoms with Gasteiger partial charge in [-0.25, -0.2) is 0 Å². The third kappa shape index (κ3) is 1.52. The molecule has 0 saturated carbocycles. The lowest BCUT2D eigenvalue weighted by molar-refractivity contribution is -0.132. The van der Waals surface area contributed by atoms with Crippen LogP contribution < -0.4 is 0 Å². The molecule has 1 saturated heterocycles. The van der Waals surface area contributed by atoms with Crippen LogP contribution in [0, 0.1) is 0 Å². The molecule has 0 spiro atoms. The minimum absolute atomic E-state index is 0.271. The Morgan fingerprint density at radius 3 is 2.45 bits per heavy atom. The fourth-order valence-electron chi connectivity index (χ4n) is 1.16. The van der Waals surface area contributed by atoms with Gasteiger partial charge in [0.15, 0.2) is 6.29 Å². The van der Waals surface area contributed by atoms with Gasteiger partial charge in [0.25, 0.3) is 0 Å². The minimum Gasteiger partial charge on any atom is -0.394 e. The molecule has 3 N–H and O–H groups in total. The van der Waals surface area contributed by atoms with Gasteiger partial charge in [-0.1, -0.05) is 0 Å². The minimum atomic E-state index is -1.25. The highest BCUT2D eigenvalue weighted by Gasteiger charge is 2.42. The van der Waals surface area contributed by atoms with Crippen LogP contribution in [0.1, 0.15) is 0 Å². The van der Waals surface area contributed by atoms with Crippen LogP contribution in [-0.4, -0.2) is 53.6 Å². The van der Waals surface area contributed by atoms with E-state index in [2.05, 4.69) is 0 Å². The summed E-state index contributed by atoms with van der Waals surface area (Å²) in [6, 6.07) is 0. The van der Waals surface area contributed by atoms with E-state index in [0.717, 1.165) is 0 Å². The number of hydrogen-bond acceptors (Lipinski definition) is 5. The largest absolute Gasteiger partial charge is 0.394 e. The predicted octanol–water partition coefficient (Wildman–Crippen LogP) is -1.93. The molecular weight excluding hydrogens is 152 g/mol. The molecular formula is C6H12O5. The summed E-state index contributed by atoms with van der Waals surface area (Å²) in [6.07, 6.45) is -3.60. The molecule has 0 unspecified atom stereocenters. The van der Waals surface area contributed by atoms with Crippen molar-refractivity contribution in [2.24, 2.45) is 0 Å². The quantitative estimate of drug-likeness (QED) is 0.443. The summed E-state index contributed by atoms with van der Waals surface area (Å²) in [5, 5.41) is 26.8. The SMILES string of the molecule is CO[C@H]1[C@H](O)[C@H](O)O[C@@H]1CO. The maximum absolute atomic E-state index is 9.15. The molecule has 0 aliphatic carbocycles. The molecule has 11 heavy (non-hydrogen) atoms. The van der Waals surface area contributed by atoms with Gasteiger partial charge in [-0.2, -0.15) is 0 Å². The molecule has 0 aromatic heterocycles. The van der Waals surface area contributed by atoms with E-state index in [0.29, 0.717) is 0 Å². The second kappa shape index (κ2) is 3.46. The molecule has 1 fully saturated rings. The first kappa shape index (κ1) is 8.89. The number of rotatable bonds is 2. The van der Waals surface area contributed by atoms with Gasteiger partial charge < -0.3 is 24.8 Å². The van der Waals surface area contributed by atoms with E-state index in [4.69, 9.17) is 24.8 Å². The van der Waals surface area contributed by atoms with Crippen molar-refractivity contribution in [3.8, 4) is 0 Å². The Labute approximate surface area is 64.2 Å². The van der Waals surface area contributed by atoms with Crippen molar-refractivity contribution in [2.45, 2.75) is 24.6 Å². The van der Waals surface area contributed by atoms with Crippen LogP contribution in [0.5, 0.6) is 0 Å². The molecule has 0 amide bonds. The van der Waals surface area contributed by atoms with E-state index in [9.17, 15) is 0 Å². The number of aliphatic hydroxyl groups is 3. The first-order valence-corrected chi connectivity index (χ1v) is 3.36. The van der Waals surface area contributed by atoms with Crippen LogP contribution in [0.4, 0.5) is 0 Å². The Hall–Kier alpha value is -0.200.